The number of aromatic nitrogens is 2. The van der Waals surface area contributed by atoms with Gasteiger partial charge in [0, 0.05) is 20.2 Å². The maximum atomic E-state index is 14.6. The second-order valence-electron chi connectivity index (χ2n) is 6.38. The van der Waals surface area contributed by atoms with Crippen LogP contribution in [0.3, 0.4) is 0 Å². The molecule has 0 amide bonds. The molecule has 0 radical (unpaired) electrons. The minimum atomic E-state index is -1.46. The van der Waals surface area contributed by atoms with Crippen LogP contribution in [0.5, 0.6) is 0 Å². The van der Waals surface area contributed by atoms with Gasteiger partial charge in [0.25, 0.3) is 0 Å². The van der Waals surface area contributed by atoms with Crippen molar-refractivity contribution in [1.82, 2.24) is 9.55 Å². The van der Waals surface area contributed by atoms with Crippen molar-refractivity contribution in [3.63, 3.8) is 0 Å². The summed E-state index contributed by atoms with van der Waals surface area (Å²) in [6.45, 7) is 1.66. The van der Waals surface area contributed by atoms with Gasteiger partial charge in [0.15, 0.2) is 23.3 Å². The summed E-state index contributed by atoms with van der Waals surface area (Å²) in [5, 5.41) is 1.77. The average Bonchev–Trinajstić information content (AvgIpc) is 3.09. The fourth-order valence-electron chi connectivity index (χ4n) is 3.11. The molecular formula is C22H15F4N2P. The zero-order valence-electron chi connectivity index (χ0n) is 15.3. The molecule has 0 unspecified atom stereocenters. The van der Waals surface area contributed by atoms with Gasteiger partial charge in [0.2, 0.25) is 0 Å². The van der Waals surface area contributed by atoms with Crippen LogP contribution in [0.25, 0.3) is 5.69 Å². The number of nitrogens with zero attached hydrogens (tertiary/aromatic N) is 2. The van der Waals surface area contributed by atoms with E-state index in [0.29, 0.717) is 11.3 Å². The van der Waals surface area contributed by atoms with Crippen molar-refractivity contribution < 1.29 is 17.6 Å². The molecule has 0 spiro atoms. The van der Waals surface area contributed by atoms with E-state index in [-0.39, 0.29) is 6.07 Å². The van der Waals surface area contributed by atoms with Gasteiger partial charge in [0.05, 0.1) is 5.69 Å². The van der Waals surface area contributed by atoms with Crippen LogP contribution in [-0.4, -0.2) is 9.55 Å². The standard InChI is InChI=1S/C22H15F4N2P/c1-14-13-28(21-19(25)17(23)12-18(24)20(21)26)22(27-14)29(15-8-4-2-5-9-15)16-10-6-3-7-11-16/h2-13H,1H3. The largest absolute Gasteiger partial charge is 0.294 e. The Morgan fingerprint density at radius 3 is 1.72 bits per heavy atom. The fraction of sp³-hybridized carbons (Fsp3) is 0.0455. The van der Waals surface area contributed by atoms with Gasteiger partial charge in [0.1, 0.15) is 11.3 Å². The third-order valence-corrected chi connectivity index (χ3v) is 6.71. The summed E-state index contributed by atoms with van der Waals surface area (Å²) in [7, 11) is -1.34. The van der Waals surface area contributed by atoms with Gasteiger partial charge in [-0.25, -0.2) is 22.5 Å². The maximum Gasteiger partial charge on any atom is 0.186 e. The molecule has 146 valence electrons. The van der Waals surface area contributed by atoms with E-state index in [1.807, 2.05) is 60.7 Å². The molecule has 0 N–H and O–H groups in total. The molecule has 0 saturated heterocycles. The number of aryl methyl sites for hydroxylation is 1. The lowest BCUT2D eigenvalue weighted by atomic mass is 10.2. The van der Waals surface area contributed by atoms with E-state index >= 15 is 0 Å². The SMILES string of the molecule is Cc1cn(-c2c(F)c(F)cc(F)c2F)c(P(c2ccccc2)c2ccccc2)n1. The van der Waals surface area contributed by atoms with Crippen LogP contribution < -0.4 is 16.2 Å². The van der Waals surface area contributed by atoms with Crippen molar-refractivity contribution in [2.45, 2.75) is 6.92 Å². The third-order valence-electron chi connectivity index (χ3n) is 4.37. The lowest BCUT2D eigenvalue weighted by Gasteiger charge is -2.20. The average molecular weight is 414 g/mol. The number of hydrogen-bond acceptors (Lipinski definition) is 1. The molecule has 1 aromatic heterocycles. The molecule has 0 atom stereocenters. The highest BCUT2D eigenvalue weighted by atomic mass is 31.1. The lowest BCUT2D eigenvalue weighted by Crippen LogP contribution is -2.28. The van der Waals surface area contributed by atoms with Crippen LogP contribution >= 0.6 is 7.92 Å². The molecule has 0 aliphatic rings. The second-order valence-corrected chi connectivity index (χ2v) is 8.48. The Hall–Kier alpha value is -2.98. The zero-order valence-corrected chi connectivity index (χ0v) is 16.2. The molecule has 0 fully saturated rings. The number of rotatable bonds is 4. The predicted octanol–water partition coefficient (Wildman–Crippen LogP) is 4.50. The van der Waals surface area contributed by atoms with E-state index in [0.717, 1.165) is 15.2 Å². The second kappa shape index (κ2) is 7.80. The van der Waals surface area contributed by atoms with E-state index < -0.39 is 36.9 Å². The van der Waals surface area contributed by atoms with Gasteiger partial charge in [-0.2, -0.15) is 0 Å². The van der Waals surface area contributed by atoms with Crippen LogP contribution in [0, 0.1) is 30.2 Å². The summed E-state index contributed by atoms with van der Waals surface area (Å²) < 4.78 is 58.0. The van der Waals surface area contributed by atoms with E-state index in [2.05, 4.69) is 4.98 Å². The van der Waals surface area contributed by atoms with E-state index in [9.17, 15) is 17.6 Å². The molecule has 0 bridgehead atoms. The molecule has 2 nitrogen and oxygen atoms in total. The van der Waals surface area contributed by atoms with Gasteiger partial charge in [-0.15, -0.1) is 0 Å². The zero-order chi connectivity index (χ0) is 20.5. The number of benzene rings is 3. The molecule has 3 aromatic carbocycles. The Labute approximate surface area is 166 Å². The highest BCUT2D eigenvalue weighted by molar-refractivity contribution is 7.79. The Balaban J connectivity index is 2.01. The summed E-state index contributed by atoms with van der Waals surface area (Å²) in [5.41, 5.74) is -0.0157. The first-order valence-electron chi connectivity index (χ1n) is 8.77. The summed E-state index contributed by atoms with van der Waals surface area (Å²) in [6.07, 6.45) is 1.39. The van der Waals surface area contributed by atoms with Crippen molar-refractivity contribution >= 4 is 24.1 Å². The highest BCUT2D eigenvalue weighted by Gasteiger charge is 2.28. The maximum absolute atomic E-state index is 14.6. The number of imidazole rings is 1. The normalized spacial score (nSPS) is 11.2. The van der Waals surface area contributed by atoms with Crippen molar-refractivity contribution in [2.75, 3.05) is 0 Å². The minimum absolute atomic E-state index is 0.203. The van der Waals surface area contributed by atoms with E-state index in [1.54, 1.807) is 6.92 Å². The van der Waals surface area contributed by atoms with Crippen LogP contribution in [0.15, 0.2) is 72.9 Å². The van der Waals surface area contributed by atoms with Crippen molar-refractivity contribution in [1.29, 1.82) is 0 Å². The van der Waals surface area contributed by atoms with Crippen molar-refractivity contribution in [2.24, 2.45) is 0 Å². The highest BCUT2D eigenvalue weighted by Crippen LogP contribution is 2.34. The molecule has 0 aliphatic carbocycles. The summed E-state index contributed by atoms with van der Waals surface area (Å²) >= 11 is 0. The van der Waals surface area contributed by atoms with Crippen molar-refractivity contribution in [3.05, 3.63) is 102 Å². The molecule has 7 heteroatoms. The van der Waals surface area contributed by atoms with Crippen molar-refractivity contribution in [3.8, 4) is 5.69 Å². The Kier molecular flexibility index (Phi) is 5.20. The molecule has 0 saturated carbocycles. The summed E-state index contributed by atoms with van der Waals surface area (Å²) in [5.74, 6) is -5.84. The first-order valence-corrected chi connectivity index (χ1v) is 10.1. The topological polar surface area (TPSA) is 17.8 Å². The molecular weight excluding hydrogens is 399 g/mol. The van der Waals surface area contributed by atoms with Gasteiger partial charge in [-0.3, -0.25) is 4.57 Å². The number of hydrogen-bond donors (Lipinski definition) is 0. The number of halogens is 4. The first kappa shape index (κ1) is 19.3. The van der Waals surface area contributed by atoms with E-state index in [4.69, 9.17) is 0 Å². The van der Waals surface area contributed by atoms with Gasteiger partial charge >= 0.3 is 0 Å². The molecule has 29 heavy (non-hydrogen) atoms. The van der Waals surface area contributed by atoms with Crippen LogP contribution in [-0.2, 0) is 0 Å². The lowest BCUT2D eigenvalue weighted by molar-refractivity contribution is 0.448. The van der Waals surface area contributed by atoms with Gasteiger partial charge in [-0.1, -0.05) is 60.7 Å². The fourth-order valence-corrected chi connectivity index (χ4v) is 5.45. The Morgan fingerprint density at radius 2 is 1.24 bits per heavy atom. The monoisotopic (exact) mass is 414 g/mol. The third kappa shape index (κ3) is 3.56. The van der Waals surface area contributed by atoms with Gasteiger partial charge < -0.3 is 0 Å². The molecule has 0 aliphatic heterocycles. The summed E-state index contributed by atoms with van der Waals surface area (Å²) in [4.78, 5) is 4.50. The quantitative estimate of drug-likeness (QED) is 0.273. The summed E-state index contributed by atoms with van der Waals surface area (Å²) in [6, 6.07) is 18.9. The predicted molar refractivity (Wildman–Crippen MR) is 107 cm³/mol. The minimum Gasteiger partial charge on any atom is -0.294 e. The first-order chi connectivity index (χ1) is 14.0. The van der Waals surface area contributed by atoms with Crippen LogP contribution in [0.2, 0.25) is 0 Å². The van der Waals surface area contributed by atoms with Gasteiger partial charge in [-0.05, 0) is 17.5 Å². The Bertz CT molecular complexity index is 1090. The smallest absolute Gasteiger partial charge is 0.186 e. The van der Waals surface area contributed by atoms with Crippen LogP contribution in [0.1, 0.15) is 5.69 Å². The Morgan fingerprint density at radius 1 is 0.759 bits per heavy atom. The van der Waals surface area contributed by atoms with Crippen LogP contribution in [0.4, 0.5) is 17.6 Å². The van der Waals surface area contributed by atoms with E-state index in [1.165, 1.54) is 6.20 Å². The molecule has 1 heterocycles. The molecule has 4 rings (SSSR count). The molecule has 4 aromatic rings.